The van der Waals surface area contributed by atoms with Crippen LogP contribution < -0.4 is 10.6 Å². The normalized spacial score (nSPS) is 16.6. The predicted octanol–water partition coefficient (Wildman–Crippen LogP) is 3.10. The summed E-state index contributed by atoms with van der Waals surface area (Å²) < 4.78 is 0. The molecule has 4 nitrogen and oxygen atoms in total. The minimum Gasteiger partial charge on any atom is -0.396 e. The molecule has 1 aromatic heterocycles. The zero-order chi connectivity index (χ0) is 16.1. The summed E-state index contributed by atoms with van der Waals surface area (Å²) in [6.07, 6.45) is 2.74. The number of urea groups is 1. The van der Waals surface area contributed by atoms with Crippen molar-refractivity contribution >= 4 is 17.4 Å². The van der Waals surface area contributed by atoms with Crippen LogP contribution >= 0.6 is 11.3 Å². The van der Waals surface area contributed by atoms with Gasteiger partial charge in [0.1, 0.15) is 0 Å². The molecule has 0 spiro atoms. The fourth-order valence-corrected chi connectivity index (χ4v) is 3.38. The number of hydrogen-bond acceptors (Lipinski definition) is 3. The molecule has 1 unspecified atom stereocenters. The number of benzene rings is 1. The third kappa shape index (κ3) is 4.33. The van der Waals surface area contributed by atoms with Gasteiger partial charge in [-0.25, -0.2) is 4.79 Å². The molecule has 122 valence electrons. The van der Waals surface area contributed by atoms with Crippen LogP contribution in [-0.2, 0) is 6.42 Å². The maximum Gasteiger partial charge on any atom is 0.315 e. The van der Waals surface area contributed by atoms with Crippen molar-refractivity contribution in [2.75, 3.05) is 13.2 Å². The van der Waals surface area contributed by atoms with Crippen molar-refractivity contribution < 1.29 is 9.90 Å². The van der Waals surface area contributed by atoms with Gasteiger partial charge in [0.05, 0.1) is 12.6 Å². The second-order valence-electron chi connectivity index (χ2n) is 6.24. The Hall–Kier alpha value is -1.85. The first-order valence-electron chi connectivity index (χ1n) is 7.93. The lowest BCUT2D eigenvalue weighted by molar-refractivity contribution is 0.202. The van der Waals surface area contributed by atoms with E-state index in [4.69, 9.17) is 0 Å². The van der Waals surface area contributed by atoms with Gasteiger partial charge in [0.25, 0.3) is 0 Å². The van der Waals surface area contributed by atoms with E-state index in [1.165, 1.54) is 5.56 Å². The Bertz CT molecular complexity index is 624. The Morgan fingerprint density at radius 3 is 2.61 bits per heavy atom. The molecule has 0 saturated heterocycles. The van der Waals surface area contributed by atoms with Crippen molar-refractivity contribution in [3.05, 3.63) is 58.3 Å². The average Bonchev–Trinajstić information content (AvgIpc) is 3.15. The molecule has 2 aromatic rings. The van der Waals surface area contributed by atoms with Gasteiger partial charge in [-0.1, -0.05) is 36.4 Å². The van der Waals surface area contributed by atoms with E-state index in [1.807, 2.05) is 29.6 Å². The summed E-state index contributed by atoms with van der Waals surface area (Å²) >= 11 is 1.65. The molecule has 1 fully saturated rings. The van der Waals surface area contributed by atoms with Crippen LogP contribution in [0.25, 0.3) is 0 Å². The molecule has 1 aliphatic rings. The summed E-state index contributed by atoms with van der Waals surface area (Å²) in [6.45, 7) is 0.684. The molecule has 1 aromatic carbocycles. The Kier molecular flexibility index (Phi) is 4.98. The van der Waals surface area contributed by atoms with E-state index >= 15 is 0 Å². The van der Waals surface area contributed by atoms with Gasteiger partial charge < -0.3 is 15.7 Å². The van der Waals surface area contributed by atoms with Gasteiger partial charge in [-0.2, -0.15) is 0 Å². The standard InChI is InChI=1S/C18H22N2O2S/c21-13-18(8-9-18)12-19-17(22)20-15(16-7-4-10-23-16)11-14-5-2-1-3-6-14/h1-7,10,15,21H,8-9,11-13H2,(H2,19,20,22). The molecule has 0 radical (unpaired) electrons. The van der Waals surface area contributed by atoms with Crippen molar-refractivity contribution in [3.8, 4) is 0 Å². The van der Waals surface area contributed by atoms with Crippen molar-refractivity contribution in [2.24, 2.45) is 5.41 Å². The van der Waals surface area contributed by atoms with Gasteiger partial charge in [-0.15, -0.1) is 11.3 Å². The fourth-order valence-electron chi connectivity index (χ4n) is 2.61. The quantitative estimate of drug-likeness (QED) is 0.730. The average molecular weight is 330 g/mol. The third-order valence-corrected chi connectivity index (χ3v) is 5.38. The lowest BCUT2D eigenvalue weighted by atomic mass is 10.0. The maximum atomic E-state index is 12.2. The van der Waals surface area contributed by atoms with Gasteiger partial charge in [0.2, 0.25) is 0 Å². The Morgan fingerprint density at radius 2 is 2.00 bits per heavy atom. The van der Waals surface area contributed by atoms with Gasteiger partial charge in [-0.3, -0.25) is 0 Å². The number of rotatable bonds is 7. The Labute approximate surface area is 140 Å². The van der Waals surface area contributed by atoms with E-state index < -0.39 is 0 Å². The Balaban J connectivity index is 1.61. The second-order valence-corrected chi connectivity index (χ2v) is 7.22. The van der Waals surface area contributed by atoms with Crippen LogP contribution in [0.2, 0.25) is 0 Å². The lowest BCUT2D eigenvalue weighted by Crippen LogP contribution is -2.41. The Morgan fingerprint density at radius 1 is 1.22 bits per heavy atom. The highest BCUT2D eigenvalue weighted by atomic mass is 32.1. The summed E-state index contributed by atoms with van der Waals surface area (Å²) in [5.74, 6) is 0. The fraction of sp³-hybridized carbons (Fsp3) is 0.389. The van der Waals surface area contributed by atoms with Crippen LogP contribution in [0, 0.1) is 5.41 Å². The van der Waals surface area contributed by atoms with Crippen LogP contribution in [0.4, 0.5) is 4.79 Å². The molecule has 1 atom stereocenters. The number of hydrogen-bond donors (Lipinski definition) is 3. The van der Waals surface area contributed by atoms with E-state index in [0.29, 0.717) is 6.54 Å². The number of amides is 2. The molecule has 2 amide bonds. The van der Waals surface area contributed by atoms with E-state index in [2.05, 4.69) is 28.8 Å². The van der Waals surface area contributed by atoms with Crippen LogP contribution in [0.3, 0.4) is 0 Å². The molecule has 1 heterocycles. The number of carbonyl (C=O) groups excluding carboxylic acids is 1. The highest BCUT2D eigenvalue weighted by molar-refractivity contribution is 7.10. The summed E-state index contributed by atoms with van der Waals surface area (Å²) in [7, 11) is 0. The molecule has 1 aliphatic carbocycles. The summed E-state index contributed by atoms with van der Waals surface area (Å²) in [5.41, 5.74) is 1.12. The van der Waals surface area contributed by atoms with Crippen LogP contribution in [0.15, 0.2) is 47.8 Å². The topological polar surface area (TPSA) is 61.4 Å². The van der Waals surface area contributed by atoms with Gasteiger partial charge in [0, 0.05) is 16.8 Å². The number of aliphatic hydroxyl groups excluding tert-OH is 1. The van der Waals surface area contributed by atoms with Gasteiger partial charge in [-0.05, 0) is 36.3 Å². The summed E-state index contributed by atoms with van der Waals surface area (Å²) in [6, 6.07) is 14.0. The molecule has 0 bridgehead atoms. The van der Waals surface area contributed by atoms with E-state index in [0.717, 1.165) is 24.1 Å². The molecule has 1 saturated carbocycles. The smallest absolute Gasteiger partial charge is 0.315 e. The first-order valence-corrected chi connectivity index (χ1v) is 8.81. The number of thiophene rings is 1. The molecule has 3 rings (SSSR count). The molecule has 3 N–H and O–H groups in total. The summed E-state index contributed by atoms with van der Waals surface area (Å²) in [5, 5.41) is 17.3. The molecule has 5 heteroatoms. The second kappa shape index (κ2) is 7.15. The third-order valence-electron chi connectivity index (χ3n) is 4.39. The van der Waals surface area contributed by atoms with Crippen molar-refractivity contribution in [3.63, 3.8) is 0 Å². The molecule has 23 heavy (non-hydrogen) atoms. The van der Waals surface area contributed by atoms with Crippen molar-refractivity contribution in [2.45, 2.75) is 25.3 Å². The van der Waals surface area contributed by atoms with Crippen LogP contribution in [0.1, 0.15) is 29.3 Å². The zero-order valence-electron chi connectivity index (χ0n) is 13.0. The minimum atomic E-state index is -0.168. The van der Waals surface area contributed by atoms with Crippen molar-refractivity contribution in [1.29, 1.82) is 0 Å². The van der Waals surface area contributed by atoms with Gasteiger partial charge in [0.15, 0.2) is 0 Å². The molecular formula is C18H22N2O2S. The first kappa shape index (κ1) is 16.0. The summed E-state index contributed by atoms with van der Waals surface area (Å²) in [4.78, 5) is 13.4. The van der Waals surface area contributed by atoms with E-state index in [1.54, 1.807) is 11.3 Å². The number of nitrogens with one attached hydrogen (secondary N) is 2. The molecule has 0 aliphatic heterocycles. The largest absolute Gasteiger partial charge is 0.396 e. The number of aliphatic hydroxyl groups is 1. The minimum absolute atomic E-state index is 0.0401. The lowest BCUT2D eigenvalue weighted by Gasteiger charge is -2.20. The van der Waals surface area contributed by atoms with E-state index in [-0.39, 0.29) is 24.1 Å². The zero-order valence-corrected chi connectivity index (χ0v) is 13.8. The highest BCUT2D eigenvalue weighted by Gasteiger charge is 2.42. The molecular weight excluding hydrogens is 308 g/mol. The monoisotopic (exact) mass is 330 g/mol. The van der Waals surface area contributed by atoms with Crippen LogP contribution in [0.5, 0.6) is 0 Å². The maximum absolute atomic E-state index is 12.2. The SMILES string of the molecule is O=C(NCC1(CO)CC1)NC(Cc1ccccc1)c1cccs1. The first-order chi connectivity index (χ1) is 11.2. The van der Waals surface area contributed by atoms with Gasteiger partial charge >= 0.3 is 6.03 Å². The predicted molar refractivity (Wildman–Crippen MR) is 92.5 cm³/mol. The van der Waals surface area contributed by atoms with Crippen molar-refractivity contribution in [1.82, 2.24) is 10.6 Å². The highest BCUT2D eigenvalue weighted by Crippen LogP contribution is 2.44. The van der Waals surface area contributed by atoms with Crippen LogP contribution in [-0.4, -0.2) is 24.3 Å². The van der Waals surface area contributed by atoms with E-state index in [9.17, 15) is 9.90 Å². The number of carbonyl (C=O) groups is 1.